The molecule has 3 aromatic carbocycles. The molecule has 1 aliphatic rings. The largest absolute Gasteiger partial charge is 0.423 e. The highest BCUT2D eigenvalue weighted by Gasteiger charge is 2.40. The molecule has 1 aliphatic carbocycles. The Kier molecular flexibility index (Phi) is 5.13. The van der Waals surface area contributed by atoms with Gasteiger partial charge >= 0.3 is 5.97 Å². The second kappa shape index (κ2) is 7.98. The highest BCUT2D eigenvalue weighted by atomic mass is 16.6. The lowest BCUT2D eigenvalue weighted by atomic mass is 9.97. The number of esters is 1. The van der Waals surface area contributed by atoms with Crippen LogP contribution in [0.1, 0.15) is 36.6 Å². The lowest BCUT2D eigenvalue weighted by Gasteiger charge is -2.10. The highest BCUT2D eigenvalue weighted by Crippen LogP contribution is 2.47. The molecule has 4 rings (SSSR count). The smallest absolute Gasteiger partial charge is 0.344 e. The minimum Gasteiger partial charge on any atom is -0.423 e. The number of nitro benzene ring substituents is 3. The zero-order valence-electron chi connectivity index (χ0n) is 16.6. The average molecular weight is 463 g/mol. The van der Waals surface area contributed by atoms with E-state index in [1.54, 1.807) is 0 Å². The second-order valence-electron chi connectivity index (χ2n) is 6.98. The molecule has 0 aliphatic heterocycles. The van der Waals surface area contributed by atoms with Crippen LogP contribution in [-0.2, 0) is 0 Å². The number of carbonyl (C=O) groups is 3. The van der Waals surface area contributed by atoms with Crippen molar-refractivity contribution in [3.63, 3.8) is 0 Å². The van der Waals surface area contributed by atoms with E-state index in [0.717, 1.165) is 18.2 Å². The standard InChI is InChI=1S/C21H9N3O10/c25-9-10-2-1-3-13(4-10)34-21(27)16-7-11(22(28)29)5-14-18(16)19-15(20(14)26)6-12(23(30)31)8-17(19)24(32)33/h1-9H. The summed E-state index contributed by atoms with van der Waals surface area (Å²) < 4.78 is 5.21. The first-order valence-electron chi connectivity index (χ1n) is 9.24. The first-order valence-corrected chi connectivity index (χ1v) is 9.24. The number of benzene rings is 3. The van der Waals surface area contributed by atoms with Gasteiger partial charge in [-0.05, 0) is 12.1 Å². The van der Waals surface area contributed by atoms with Gasteiger partial charge in [-0.1, -0.05) is 12.1 Å². The molecule has 0 saturated carbocycles. The third kappa shape index (κ3) is 3.52. The minimum atomic E-state index is -1.20. The van der Waals surface area contributed by atoms with Crippen LogP contribution in [0, 0.1) is 30.3 Å². The summed E-state index contributed by atoms with van der Waals surface area (Å²) in [6.45, 7) is 0. The summed E-state index contributed by atoms with van der Waals surface area (Å²) in [5.74, 6) is -2.26. The fraction of sp³-hybridized carbons (Fsp3) is 0. The lowest BCUT2D eigenvalue weighted by molar-refractivity contribution is -0.393. The molecule has 0 spiro atoms. The third-order valence-corrected chi connectivity index (χ3v) is 5.01. The molecule has 0 heterocycles. The zero-order chi connectivity index (χ0) is 24.7. The maximum absolute atomic E-state index is 13.0. The van der Waals surface area contributed by atoms with E-state index >= 15 is 0 Å². The third-order valence-electron chi connectivity index (χ3n) is 5.01. The fourth-order valence-corrected chi connectivity index (χ4v) is 3.60. The van der Waals surface area contributed by atoms with Crippen LogP contribution in [0.5, 0.6) is 5.75 Å². The fourth-order valence-electron chi connectivity index (χ4n) is 3.60. The van der Waals surface area contributed by atoms with Crippen LogP contribution in [0.15, 0.2) is 48.5 Å². The predicted molar refractivity (Wildman–Crippen MR) is 112 cm³/mol. The Labute approximate surface area is 187 Å². The predicted octanol–water partition coefficient (Wildman–Crippen LogP) is 3.65. The number of hydrogen-bond acceptors (Lipinski definition) is 10. The highest BCUT2D eigenvalue weighted by molar-refractivity contribution is 6.26. The monoisotopic (exact) mass is 463 g/mol. The Bertz CT molecular complexity index is 1480. The maximum atomic E-state index is 13.0. The van der Waals surface area contributed by atoms with Crippen molar-refractivity contribution in [3.8, 4) is 16.9 Å². The number of ether oxygens (including phenoxy) is 1. The second-order valence-corrected chi connectivity index (χ2v) is 6.98. The van der Waals surface area contributed by atoms with Crippen LogP contribution in [0.2, 0.25) is 0 Å². The van der Waals surface area contributed by atoms with E-state index in [2.05, 4.69) is 0 Å². The molecule has 0 unspecified atom stereocenters. The normalized spacial score (nSPS) is 11.4. The van der Waals surface area contributed by atoms with Crippen molar-refractivity contribution in [3.05, 3.63) is 101 Å². The quantitative estimate of drug-likeness (QED) is 0.134. The Morgan fingerprint density at radius 2 is 1.44 bits per heavy atom. The minimum absolute atomic E-state index is 0.0994. The summed E-state index contributed by atoms with van der Waals surface area (Å²) in [4.78, 5) is 68.5. The molecule has 0 N–H and O–H groups in total. The number of rotatable bonds is 6. The molecular formula is C21H9N3O10. The van der Waals surface area contributed by atoms with E-state index in [1.807, 2.05) is 0 Å². The molecule has 0 radical (unpaired) electrons. The van der Waals surface area contributed by atoms with Crippen LogP contribution in [0.25, 0.3) is 11.1 Å². The summed E-state index contributed by atoms with van der Waals surface area (Å²) in [6.07, 6.45) is 0.494. The van der Waals surface area contributed by atoms with E-state index < -0.39 is 60.3 Å². The number of nitrogens with zero attached hydrogens (tertiary/aromatic N) is 3. The molecule has 0 saturated heterocycles. The van der Waals surface area contributed by atoms with E-state index in [0.29, 0.717) is 12.4 Å². The molecule has 168 valence electrons. The summed E-state index contributed by atoms with van der Waals surface area (Å²) in [7, 11) is 0. The van der Waals surface area contributed by atoms with E-state index in [4.69, 9.17) is 4.74 Å². The van der Waals surface area contributed by atoms with Gasteiger partial charge in [0.1, 0.15) is 12.0 Å². The van der Waals surface area contributed by atoms with Gasteiger partial charge in [0, 0.05) is 40.5 Å². The van der Waals surface area contributed by atoms with Crippen LogP contribution in [0.3, 0.4) is 0 Å². The number of aldehydes is 1. The average Bonchev–Trinajstić information content (AvgIpc) is 3.09. The molecule has 0 fully saturated rings. The number of non-ortho nitro benzene ring substituents is 2. The molecular weight excluding hydrogens is 454 g/mol. The van der Waals surface area contributed by atoms with Crippen LogP contribution < -0.4 is 4.74 Å². The number of ketones is 1. The molecule has 0 amide bonds. The van der Waals surface area contributed by atoms with E-state index in [1.165, 1.54) is 24.3 Å². The number of hydrogen-bond donors (Lipinski definition) is 0. The van der Waals surface area contributed by atoms with Crippen LogP contribution >= 0.6 is 0 Å². The molecule has 3 aromatic rings. The molecule has 0 atom stereocenters. The molecule has 13 heteroatoms. The van der Waals surface area contributed by atoms with Crippen molar-refractivity contribution < 1.29 is 33.9 Å². The Morgan fingerprint density at radius 1 is 0.824 bits per heavy atom. The van der Waals surface area contributed by atoms with Crippen LogP contribution in [0.4, 0.5) is 17.1 Å². The summed E-state index contributed by atoms with van der Waals surface area (Å²) >= 11 is 0. The summed E-state index contributed by atoms with van der Waals surface area (Å²) in [5, 5.41) is 34.3. The van der Waals surface area contributed by atoms with Gasteiger partial charge < -0.3 is 4.74 Å². The summed E-state index contributed by atoms with van der Waals surface area (Å²) in [6, 6.07) is 8.44. The van der Waals surface area contributed by atoms with E-state index in [9.17, 15) is 44.7 Å². The molecule has 13 nitrogen and oxygen atoms in total. The van der Waals surface area contributed by atoms with Crippen LogP contribution in [-0.4, -0.2) is 32.8 Å². The van der Waals surface area contributed by atoms with Gasteiger partial charge in [0.25, 0.3) is 17.1 Å². The van der Waals surface area contributed by atoms with E-state index in [-0.39, 0.29) is 22.4 Å². The topological polar surface area (TPSA) is 190 Å². The number of carbonyl (C=O) groups excluding carboxylic acids is 3. The molecule has 0 bridgehead atoms. The number of fused-ring (bicyclic) bond motifs is 3. The van der Waals surface area contributed by atoms with Crippen molar-refractivity contribution in [1.29, 1.82) is 0 Å². The first kappa shape index (κ1) is 21.9. The van der Waals surface area contributed by atoms with Crippen molar-refractivity contribution in [1.82, 2.24) is 0 Å². The lowest BCUT2D eigenvalue weighted by Crippen LogP contribution is -2.12. The molecule has 0 aromatic heterocycles. The van der Waals surface area contributed by atoms with Crippen molar-refractivity contribution in [2.75, 3.05) is 0 Å². The Morgan fingerprint density at radius 3 is 2.03 bits per heavy atom. The number of nitro groups is 3. The summed E-state index contributed by atoms with van der Waals surface area (Å²) in [5.41, 5.74) is -4.19. The van der Waals surface area contributed by atoms with Crippen molar-refractivity contribution >= 4 is 35.1 Å². The van der Waals surface area contributed by atoms with Crippen molar-refractivity contribution in [2.24, 2.45) is 0 Å². The Hall–Kier alpha value is -5.33. The van der Waals surface area contributed by atoms with Gasteiger partial charge in [-0.15, -0.1) is 0 Å². The zero-order valence-corrected chi connectivity index (χ0v) is 16.6. The van der Waals surface area contributed by atoms with Gasteiger partial charge in [0.05, 0.1) is 32.0 Å². The van der Waals surface area contributed by atoms with Gasteiger partial charge in [-0.3, -0.25) is 39.9 Å². The van der Waals surface area contributed by atoms with Gasteiger partial charge in [-0.2, -0.15) is 0 Å². The molecule has 34 heavy (non-hydrogen) atoms. The Balaban J connectivity index is 1.98. The van der Waals surface area contributed by atoms with Gasteiger partial charge in [0.2, 0.25) is 0 Å². The van der Waals surface area contributed by atoms with Gasteiger partial charge in [-0.25, -0.2) is 4.79 Å². The van der Waals surface area contributed by atoms with Gasteiger partial charge in [0.15, 0.2) is 5.78 Å². The maximum Gasteiger partial charge on any atom is 0.344 e. The van der Waals surface area contributed by atoms with Crippen molar-refractivity contribution in [2.45, 2.75) is 0 Å². The first-order chi connectivity index (χ1) is 16.1. The SMILES string of the molecule is O=Cc1cccc(OC(=O)c2cc([N+](=O)[O-])cc3c2-c2c(cc([N+](=O)[O-])cc2[N+](=O)[O-])C3=O)c1.